The molecular formula is C44H54N2O7S2. The van der Waals surface area contributed by atoms with Crippen molar-refractivity contribution in [2.75, 3.05) is 36.0 Å². The summed E-state index contributed by atoms with van der Waals surface area (Å²) in [5, 5.41) is 33.8. The Morgan fingerprint density at radius 3 is 1.24 bits per heavy atom. The quantitative estimate of drug-likeness (QED) is 0.116. The van der Waals surface area contributed by atoms with Gasteiger partial charge in [-0.1, -0.05) is 83.2 Å². The smallest absolute Gasteiger partial charge is 0.336 e. The number of carboxylic acid groups (broad SMARTS) is 3. The van der Waals surface area contributed by atoms with Gasteiger partial charge in [-0.25, -0.2) is 4.79 Å². The number of aliphatic carboxylic acids is 3. The number of carbonyl (C=O) groups is 3. The summed E-state index contributed by atoms with van der Waals surface area (Å²) in [6, 6.07) is 31.2. The van der Waals surface area contributed by atoms with E-state index in [1.165, 1.54) is 118 Å². The summed E-state index contributed by atoms with van der Waals surface area (Å²) in [5.41, 5.74) is 5.48. The zero-order valence-electron chi connectivity index (χ0n) is 32.3. The first-order chi connectivity index (χ1) is 26.3. The molecule has 2 fully saturated rings. The number of carboxylic acids is 3. The molecule has 9 nitrogen and oxygen atoms in total. The van der Waals surface area contributed by atoms with Crippen LogP contribution >= 0.6 is 23.5 Å². The minimum absolute atomic E-state index is 1.14. The molecule has 2 aliphatic rings. The molecular weight excluding hydrogens is 733 g/mol. The van der Waals surface area contributed by atoms with Crippen LogP contribution in [-0.2, 0) is 14.4 Å². The maximum absolute atomic E-state index is 10.3. The normalized spacial score (nSPS) is 14.2. The number of piperidine rings is 2. The van der Waals surface area contributed by atoms with E-state index < -0.39 is 36.4 Å². The lowest BCUT2D eigenvalue weighted by atomic mass is 9.96. The molecule has 0 aromatic heterocycles. The Hall–Kier alpha value is -4.45. The lowest BCUT2D eigenvalue weighted by molar-refractivity contribution is -0.170. The van der Waals surface area contributed by atoms with E-state index in [4.69, 9.17) is 20.4 Å². The van der Waals surface area contributed by atoms with E-state index in [0.717, 1.165) is 0 Å². The fraction of sp³-hybridized carbons (Fsp3) is 0.386. The largest absolute Gasteiger partial charge is 0.481 e. The molecule has 2 heterocycles. The van der Waals surface area contributed by atoms with E-state index in [9.17, 15) is 14.4 Å². The third-order valence-electron chi connectivity index (χ3n) is 9.51. The monoisotopic (exact) mass is 786 g/mol. The van der Waals surface area contributed by atoms with Crippen molar-refractivity contribution in [2.24, 2.45) is 0 Å². The van der Waals surface area contributed by atoms with Gasteiger partial charge in [0.05, 0.1) is 24.2 Å². The molecule has 6 rings (SSSR count). The second-order valence-electron chi connectivity index (χ2n) is 14.3. The van der Waals surface area contributed by atoms with Gasteiger partial charge in [-0.05, 0) is 114 Å². The van der Waals surface area contributed by atoms with Crippen molar-refractivity contribution < 1.29 is 34.8 Å². The topological polar surface area (TPSA) is 139 Å². The third-order valence-corrected chi connectivity index (χ3v) is 12.0. The number of aryl methyl sites for hydroxylation is 4. The van der Waals surface area contributed by atoms with E-state index in [-0.39, 0.29) is 0 Å². The summed E-state index contributed by atoms with van der Waals surface area (Å²) in [6.45, 7) is 13.5. The van der Waals surface area contributed by atoms with Crippen LogP contribution in [0.4, 0.5) is 11.4 Å². The molecule has 0 aliphatic carbocycles. The highest BCUT2D eigenvalue weighted by molar-refractivity contribution is 7.99. The molecule has 2 aliphatic heterocycles. The molecule has 0 saturated carbocycles. The van der Waals surface area contributed by atoms with Gasteiger partial charge >= 0.3 is 17.9 Å². The van der Waals surface area contributed by atoms with E-state index in [1.54, 1.807) is 0 Å². The molecule has 0 spiro atoms. The van der Waals surface area contributed by atoms with E-state index >= 15 is 0 Å². The lowest BCUT2D eigenvalue weighted by Crippen LogP contribution is -2.42. The standard InChI is InChI=1S/2C19H23NS.C6H8O7/c2*1-15-10-11-18(16(2)14-15)21-19-9-5-4-8-17(19)20-12-6-3-7-13-20;7-3(8)1-6(13,5(11)12)2-4(9)10/h2*4-5,8-11,14H,3,6-7,12-13H2,1-2H3;13H,1-2H2,(H,7,8)(H,9,10)(H,11,12). The van der Waals surface area contributed by atoms with Gasteiger partial charge in [0, 0.05) is 45.8 Å². The number of aliphatic hydroxyl groups is 1. The maximum Gasteiger partial charge on any atom is 0.336 e. The Kier molecular flexibility index (Phi) is 16.5. The summed E-state index contributed by atoms with van der Waals surface area (Å²) in [5.74, 6) is -5.02. The number of nitrogens with zero attached hydrogens (tertiary/aromatic N) is 2. The summed E-state index contributed by atoms with van der Waals surface area (Å²) in [6.07, 6.45) is 5.76. The number of para-hydroxylation sites is 2. The third kappa shape index (κ3) is 13.4. The fourth-order valence-electron chi connectivity index (χ4n) is 6.66. The van der Waals surface area contributed by atoms with Gasteiger partial charge < -0.3 is 30.2 Å². The second-order valence-corrected chi connectivity index (χ2v) is 16.4. The van der Waals surface area contributed by atoms with Crippen molar-refractivity contribution in [3.05, 3.63) is 107 Å². The van der Waals surface area contributed by atoms with Gasteiger partial charge in [-0.3, -0.25) is 9.59 Å². The van der Waals surface area contributed by atoms with Crippen molar-refractivity contribution >= 4 is 52.8 Å². The molecule has 4 aromatic carbocycles. The number of rotatable bonds is 11. The highest BCUT2D eigenvalue weighted by Gasteiger charge is 2.40. The molecule has 0 atom stereocenters. The van der Waals surface area contributed by atoms with Crippen LogP contribution in [0.25, 0.3) is 0 Å². The SMILES string of the molecule is Cc1ccc(Sc2ccccc2N2CCCCC2)c(C)c1.Cc1ccc(Sc2ccccc2N2CCCCC2)c(C)c1.O=C(O)CC(O)(CC(=O)O)C(=O)O. The Bertz CT molecular complexity index is 1780. The van der Waals surface area contributed by atoms with Crippen molar-refractivity contribution in [1.29, 1.82) is 0 Å². The highest BCUT2D eigenvalue weighted by atomic mass is 32.2. The molecule has 55 heavy (non-hydrogen) atoms. The van der Waals surface area contributed by atoms with Crippen LogP contribution in [0, 0.1) is 27.7 Å². The average molecular weight is 787 g/mol. The number of benzene rings is 4. The summed E-state index contributed by atoms with van der Waals surface area (Å²) in [7, 11) is 0. The Labute approximate surface area is 333 Å². The van der Waals surface area contributed by atoms with Crippen molar-refractivity contribution in [2.45, 2.75) is 104 Å². The predicted octanol–water partition coefficient (Wildman–Crippen LogP) is 9.64. The Balaban J connectivity index is 0.000000190. The van der Waals surface area contributed by atoms with Crippen LogP contribution in [0.1, 0.15) is 73.6 Å². The number of anilines is 2. The van der Waals surface area contributed by atoms with Crippen LogP contribution in [0.3, 0.4) is 0 Å². The first kappa shape index (κ1) is 43.3. The van der Waals surface area contributed by atoms with Crippen LogP contribution in [-0.4, -0.2) is 70.1 Å². The zero-order valence-corrected chi connectivity index (χ0v) is 33.9. The average Bonchev–Trinajstić information content (AvgIpc) is 3.15. The number of hydrogen-bond acceptors (Lipinski definition) is 8. The first-order valence-electron chi connectivity index (χ1n) is 18.8. The lowest BCUT2D eigenvalue weighted by Gasteiger charge is -2.30. The summed E-state index contributed by atoms with van der Waals surface area (Å²) >= 11 is 3.80. The van der Waals surface area contributed by atoms with Gasteiger partial charge in [0.25, 0.3) is 0 Å². The minimum Gasteiger partial charge on any atom is -0.481 e. The molecule has 2 saturated heterocycles. The molecule has 0 bridgehead atoms. The zero-order chi connectivity index (χ0) is 40.0. The van der Waals surface area contributed by atoms with E-state index in [0.29, 0.717) is 0 Å². The van der Waals surface area contributed by atoms with Gasteiger partial charge in [-0.15, -0.1) is 0 Å². The molecule has 4 aromatic rings. The predicted molar refractivity (Wildman–Crippen MR) is 222 cm³/mol. The van der Waals surface area contributed by atoms with Crippen LogP contribution in [0.15, 0.2) is 105 Å². The van der Waals surface area contributed by atoms with Crippen LogP contribution in [0.5, 0.6) is 0 Å². The van der Waals surface area contributed by atoms with Gasteiger partial charge in [0.15, 0.2) is 5.60 Å². The van der Waals surface area contributed by atoms with Crippen molar-refractivity contribution in [1.82, 2.24) is 0 Å². The molecule has 294 valence electrons. The Morgan fingerprint density at radius 2 is 0.909 bits per heavy atom. The highest BCUT2D eigenvalue weighted by Crippen LogP contribution is 2.39. The second kappa shape index (κ2) is 21.0. The summed E-state index contributed by atoms with van der Waals surface area (Å²) in [4.78, 5) is 41.1. The molecule has 0 amide bonds. The fourth-order valence-corrected chi connectivity index (χ4v) is 8.74. The van der Waals surface area contributed by atoms with Gasteiger partial charge in [-0.2, -0.15) is 0 Å². The van der Waals surface area contributed by atoms with Crippen LogP contribution < -0.4 is 9.80 Å². The maximum atomic E-state index is 10.3. The van der Waals surface area contributed by atoms with Gasteiger partial charge in [0.2, 0.25) is 0 Å². The first-order valence-corrected chi connectivity index (χ1v) is 20.5. The molecule has 0 unspecified atom stereocenters. The number of hydrogen-bond donors (Lipinski definition) is 4. The molecule has 4 N–H and O–H groups in total. The van der Waals surface area contributed by atoms with Crippen molar-refractivity contribution in [3.8, 4) is 0 Å². The molecule has 11 heteroatoms. The van der Waals surface area contributed by atoms with Gasteiger partial charge in [0.1, 0.15) is 0 Å². The van der Waals surface area contributed by atoms with Crippen molar-refractivity contribution in [3.63, 3.8) is 0 Å². The van der Waals surface area contributed by atoms with E-state index in [1.807, 2.05) is 23.5 Å². The summed E-state index contributed by atoms with van der Waals surface area (Å²) < 4.78 is 0. The minimum atomic E-state index is -2.74. The van der Waals surface area contributed by atoms with E-state index in [2.05, 4.69) is 122 Å². The van der Waals surface area contributed by atoms with Crippen LogP contribution in [0.2, 0.25) is 0 Å². The Morgan fingerprint density at radius 1 is 0.545 bits per heavy atom. The molecule has 0 radical (unpaired) electrons.